The van der Waals surface area contributed by atoms with Crippen molar-refractivity contribution in [3.8, 4) is 0 Å². The summed E-state index contributed by atoms with van der Waals surface area (Å²) in [4.78, 5) is 28.3. The molecule has 0 unspecified atom stereocenters. The molecule has 6 nitrogen and oxygen atoms in total. The summed E-state index contributed by atoms with van der Waals surface area (Å²) in [6.07, 6.45) is 1.16. The molecule has 1 aliphatic rings. The third kappa shape index (κ3) is 3.22. The lowest BCUT2D eigenvalue weighted by molar-refractivity contribution is -0.118. The van der Waals surface area contributed by atoms with Crippen LogP contribution in [0.1, 0.15) is 12.8 Å². The monoisotopic (exact) mass is 366 g/mol. The number of carbonyl (C=O) groups excluding carboxylic acids is 1. The average Bonchev–Trinajstić information content (AvgIpc) is 2.90. The fourth-order valence-corrected chi connectivity index (χ4v) is 4.09. The number of hydrogen-bond acceptors (Lipinski definition) is 5. The molecule has 1 amide bonds. The van der Waals surface area contributed by atoms with Crippen LogP contribution in [0.25, 0.3) is 10.9 Å². The van der Waals surface area contributed by atoms with E-state index in [2.05, 4.69) is 10.3 Å². The van der Waals surface area contributed by atoms with E-state index in [1.54, 1.807) is 30.0 Å². The largest absolute Gasteiger partial charge is 0.311 e. The highest BCUT2D eigenvalue weighted by Crippen LogP contribution is 2.33. The van der Waals surface area contributed by atoms with Gasteiger partial charge in [0.25, 0.3) is 5.56 Å². The van der Waals surface area contributed by atoms with Crippen LogP contribution in [0, 0.1) is 0 Å². The van der Waals surface area contributed by atoms with Gasteiger partial charge in [0.05, 0.1) is 17.6 Å². The smallest absolute Gasteiger partial charge is 0.277 e. The minimum absolute atomic E-state index is 0.00167. The fourth-order valence-electron chi connectivity index (χ4n) is 3.09. The number of hydrogen-bond donors (Lipinski definition) is 0. The molecule has 7 heteroatoms. The van der Waals surface area contributed by atoms with Gasteiger partial charge in [-0.25, -0.2) is 4.68 Å². The minimum Gasteiger partial charge on any atom is -0.311 e. The van der Waals surface area contributed by atoms with Gasteiger partial charge in [-0.1, -0.05) is 29.5 Å². The number of benzene rings is 2. The Labute approximate surface area is 154 Å². The van der Waals surface area contributed by atoms with Crippen molar-refractivity contribution < 1.29 is 4.79 Å². The van der Waals surface area contributed by atoms with E-state index in [9.17, 15) is 9.59 Å². The van der Waals surface area contributed by atoms with E-state index in [-0.39, 0.29) is 24.4 Å². The van der Waals surface area contributed by atoms with Gasteiger partial charge in [0.1, 0.15) is 5.52 Å². The molecule has 1 aliphatic heterocycles. The standard InChI is InChI=1S/C19H18N4O2S/c24-18(22-11-5-13-26-17-9-4-3-8-16(17)22)10-12-23-19(25)14-6-1-2-7-15(14)20-21-23/h1-4,6-9H,5,10-13H2. The second-order valence-corrected chi connectivity index (χ2v) is 7.24. The maximum atomic E-state index is 12.8. The molecule has 0 N–H and O–H groups in total. The van der Waals surface area contributed by atoms with Crippen molar-refractivity contribution in [3.63, 3.8) is 0 Å². The predicted molar refractivity (Wildman–Crippen MR) is 103 cm³/mol. The molecule has 0 atom stereocenters. The summed E-state index contributed by atoms with van der Waals surface area (Å²) in [5.74, 6) is 0.998. The normalized spacial score (nSPS) is 14.1. The van der Waals surface area contributed by atoms with Gasteiger partial charge in [-0.3, -0.25) is 9.59 Å². The highest BCUT2D eigenvalue weighted by atomic mass is 32.2. The zero-order valence-electron chi connectivity index (χ0n) is 14.2. The number of anilines is 1. The zero-order valence-corrected chi connectivity index (χ0v) is 15.0. The Morgan fingerprint density at radius 1 is 1.12 bits per heavy atom. The molecule has 0 bridgehead atoms. The molecule has 132 valence electrons. The Bertz CT molecular complexity index is 1020. The molecule has 3 aromatic rings. The molecule has 0 saturated carbocycles. The van der Waals surface area contributed by atoms with Gasteiger partial charge in [-0.05, 0) is 36.4 Å². The summed E-state index contributed by atoms with van der Waals surface area (Å²) >= 11 is 1.78. The highest BCUT2D eigenvalue weighted by molar-refractivity contribution is 7.99. The van der Waals surface area contributed by atoms with Gasteiger partial charge in [-0.15, -0.1) is 16.9 Å². The molecule has 26 heavy (non-hydrogen) atoms. The molecule has 2 heterocycles. The van der Waals surface area contributed by atoms with E-state index in [0.29, 0.717) is 17.4 Å². The summed E-state index contributed by atoms with van der Waals surface area (Å²) in [6.45, 7) is 0.919. The van der Waals surface area contributed by atoms with E-state index in [0.717, 1.165) is 22.8 Å². The SMILES string of the molecule is O=C(CCn1nnc2ccccc2c1=O)N1CCCSc2ccccc21. The quantitative estimate of drug-likeness (QED) is 0.713. The fraction of sp³-hybridized carbons (Fsp3) is 0.263. The molecule has 4 rings (SSSR count). The van der Waals surface area contributed by atoms with Gasteiger partial charge in [0.15, 0.2) is 0 Å². The lowest BCUT2D eigenvalue weighted by atomic mass is 10.2. The number of fused-ring (bicyclic) bond motifs is 2. The summed E-state index contributed by atoms with van der Waals surface area (Å²) in [7, 11) is 0. The van der Waals surface area contributed by atoms with Crippen molar-refractivity contribution in [2.24, 2.45) is 0 Å². The average molecular weight is 366 g/mol. The molecular weight excluding hydrogens is 348 g/mol. The molecule has 0 radical (unpaired) electrons. The topological polar surface area (TPSA) is 68.1 Å². The molecule has 1 aromatic heterocycles. The van der Waals surface area contributed by atoms with Crippen molar-refractivity contribution in [3.05, 3.63) is 58.9 Å². The first-order chi connectivity index (χ1) is 12.7. The molecule has 2 aromatic carbocycles. The Morgan fingerprint density at radius 3 is 2.85 bits per heavy atom. The summed E-state index contributed by atoms with van der Waals surface area (Å²) in [6, 6.07) is 15.1. The van der Waals surface area contributed by atoms with Crippen molar-refractivity contribution in [2.45, 2.75) is 24.3 Å². The van der Waals surface area contributed by atoms with Crippen LogP contribution in [0.3, 0.4) is 0 Å². The van der Waals surface area contributed by atoms with Crippen molar-refractivity contribution in [1.82, 2.24) is 15.0 Å². The first-order valence-corrected chi connectivity index (χ1v) is 9.57. The number of amides is 1. The Kier molecular flexibility index (Phi) is 4.71. The van der Waals surface area contributed by atoms with Crippen LogP contribution in [0.15, 0.2) is 58.2 Å². The Morgan fingerprint density at radius 2 is 1.92 bits per heavy atom. The van der Waals surface area contributed by atoms with Gasteiger partial charge < -0.3 is 4.90 Å². The highest BCUT2D eigenvalue weighted by Gasteiger charge is 2.21. The Hall–Kier alpha value is -2.67. The first-order valence-electron chi connectivity index (χ1n) is 8.59. The minimum atomic E-state index is -0.213. The number of para-hydroxylation sites is 1. The maximum absolute atomic E-state index is 12.8. The predicted octanol–water partition coefficient (Wildman–Crippen LogP) is 2.71. The Balaban J connectivity index is 1.54. The molecule has 0 fully saturated rings. The number of aryl methyl sites for hydroxylation is 1. The number of rotatable bonds is 3. The number of carbonyl (C=O) groups is 1. The van der Waals surface area contributed by atoms with Gasteiger partial charge in [0, 0.05) is 17.9 Å². The van der Waals surface area contributed by atoms with Crippen LogP contribution in [-0.4, -0.2) is 33.2 Å². The van der Waals surface area contributed by atoms with Crippen LogP contribution in [0.4, 0.5) is 5.69 Å². The van der Waals surface area contributed by atoms with Gasteiger partial charge in [0.2, 0.25) is 5.91 Å². The molecular formula is C19H18N4O2S. The summed E-state index contributed by atoms with van der Waals surface area (Å²) in [5, 5.41) is 8.55. The van der Waals surface area contributed by atoms with Crippen molar-refractivity contribution >= 4 is 34.3 Å². The molecule has 0 spiro atoms. The van der Waals surface area contributed by atoms with Gasteiger partial charge >= 0.3 is 0 Å². The first kappa shape index (κ1) is 16.8. The molecule has 0 saturated heterocycles. The van der Waals surface area contributed by atoms with E-state index in [1.165, 1.54) is 4.68 Å². The van der Waals surface area contributed by atoms with E-state index in [4.69, 9.17) is 0 Å². The lowest BCUT2D eigenvalue weighted by Crippen LogP contribution is -2.34. The van der Waals surface area contributed by atoms with E-state index >= 15 is 0 Å². The van der Waals surface area contributed by atoms with Crippen molar-refractivity contribution in [1.29, 1.82) is 0 Å². The maximum Gasteiger partial charge on any atom is 0.277 e. The number of nitrogens with zero attached hydrogens (tertiary/aromatic N) is 4. The van der Waals surface area contributed by atoms with Crippen LogP contribution < -0.4 is 10.5 Å². The van der Waals surface area contributed by atoms with Crippen LogP contribution in [-0.2, 0) is 11.3 Å². The van der Waals surface area contributed by atoms with Crippen molar-refractivity contribution in [2.75, 3.05) is 17.2 Å². The molecule has 0 aliphatic carbocycles. The van der Waals surface area contributed by atoms with Gasteiger partial charge in [-0.2, -0.15) is 0 Å². The second kappa shape index (κ2) is 7.29. The number of aromatic nitrogens is 3. The third-order valence-corrected chi connectivity index (χ3v) is 5.56. The van der Waals surface area contributed by atoms with Crippen LogP contribution >= 0.6 is 11.8 Å². The van der Waals surface area contributed by atoms with E-state index < -0.39 is 0 Å². The number of thioether (sulfide) groups is 1. The summed E-state index contributed by atoms with van der Waals surface area (Å²) < 4.78 is 1.28. The zero-order chi connectivity index (χ0) is 17.9. The third-order valence-electron chi connectivity index (χ3n) is 4.41. The second-order valence-electron chi connectivity index (χ2n) is 6.10. The van der Waals surface area contributed by atoms with E-state index in [1.807, 2.05) is 35.2 Å². The van der Waals surface area contributed by atoms with Crippen LogP contribution in [0.5, 0.6) is 0 Å². The summed E-state index contributed by atoms with van der Waals surface area (Å²) in [5.41, 5.74) is 1.31. The van der Waals surface area contributed by atoms with Crippen LogP contribution in [0.2, 0.25) is 0 Å². The lowest BCUT2D eigenvalue weighted by Gasteiger charge is -2.22.